The van der Waals surface area contributed by atoms with Gasteiger partial charge < -0.3 is 5.32 Å². The molecule has 0 spiro atoms. The molecule has 4 nitrogen and oxygen atoms in total. The highest BCUT2D eigenvalue weighted by molar-refractivity contribution is 7.90. The van der Waals surface area contributed by atoms with Crippen LogP contribution in [0.5, 0.6) is 0 Å². The largest absolute Gasteiger partial charge is 0.379 e. The van der Waals surface area contributed by atoms with E-state index in [0.717, 1.165) is 23.9 Å². The van der Waals surface area contributed by atoms with E-state index in [4.69, 9.17) is 0 Å². The van der Waals surface area contributed by atoms with Crippen molar-refractivity contribution in [2.75, 3.05) is 6.26 Å². The van der Waals surface area contributed by atoms with Crippen LogP contribution in [0.15, 0.2) is 59.5 Å². The number of nitrogens with one attached hydrogen (secondary N) is 1. The molecule has 5 heteroatoms. The summed E-state index contributed by atoms with van der Waals surface area (Å²) < 4.78 is 23.1. The fourth-order valence-corrected chi connectivity index (χ4v) is 3.71. The van der Waals surface area contributed by atoms with Gasteiger partial charge in [0.05, 0.1) is 4.90 Å². The molecule has 0 unspecified atom stereocenters. The summed E-state index contributed by atoms with van der Waals surface area (Å²) >= 11 is 0. The van der Waals surface area contributed by atoms with Gasteiger partial charge in [-0.05, 0) is 50.1 Å². The van der Waals surface area contributed by atoms with E-state index >= 15 is 0 Å². The number of rotatable bonds is 3. The van der Waals surface area contributed by atoms with Gasteiger partial charge in [-0.2, -0.15) is 0 Å². The lowest BCUT2D eigenvalue weighted by molar-refractivity contribution is 0.104. The van der Waals surface area contributed by atoms with Crippen molar-refractivity contribution in [1.29, 1.82) is 0 Å². The Morgan fingerprint density at radius 2 is 1.72 bits per heavy atom. The Balaban J connectivity index is 1.96. The quantitative estimate of drug-likeness (QED) is 0.678. The minimum Gasteiger partial charge on any atom is -0.379 e. The molecule has 1 heterocycles. The number of fused-ring (bicyclic) bond motifs is 1. The number of sulfone groups is 1. The highest BCUT2D eigenvalue weighted by Crippen LogP contribution is 2.29. The Labute approximate surface area is 148 Å². The van der Waals surface area contributed by atoms with Crippen LogP contribution in [0.3, 0.4) is 0 Å². The van der Waals surface area contributed by atoms with E-state index in [1.165, 1.54) is 17.7 Å². The second-order valence-corrected chi connectivity index (χ2v) is 9.08. The minimum absolute atomic E-state index is 0.138. The van der Waals surface area contributed by atoms with Crippen LogP contribution in [-0.4, -0.2) is 26.0 Å². The molecule has 0 atom stereocenters. The van der Waals surface area contributed by atoms with Crippen molar-refractivity contribution in [3.05, 3.63) is 71.3 Å². The van der Waals surface area contributed by atoms with E-state index in [1.807, 2.05) is 18.2 Å². The first-order chi connectivity index (χ1) is 11.7. The monoisotopic (exact) mass is 355 g/mol. The van der Waals surface area contributed by atoms with Crippen molar-refractivity contribution >= 4 is 21.3 Å². The second kappa shape index (κ2) is 6.15. The van der Waals surface area contributed by atoms with Crippen LogP contribution >= 0.6 is 0 Å². The highest BCUT2D eigenvalue weighted by atomic mass is 32.2. The third-order valence-corrected chi connectivity index (χ3v) is 5.38. The summed E-state index contributed by atoms with van der Waals surface area (Å²) in [6, 6.07) is 14.1. The molecule has 0 aliphatic carbocycles. The molecule has 0 aromatic heterocycles. The highest BCUT2D eigenvalue weighted by Gasteiger charge is 2.27. The van der Waals surface area contributed by atoms with E-state index in [0.29, 0.717) is 5.56 Å². The summed E-state index contributed by atoms with van der Waals surface area (Å²) in [5.41, 5.74) is 3.35. The zero-order valence-electron chi connectivity index (χ0n) is 14.5. The fourth-order valence-electron chi connectivity index (χ4n) is 3.08. The molecule has 0 bridgehead atoms. The standard InChI is InChI=1S/C20H21NO3S/c1-20(2)13-15-6-4-5-7-17(15)18(21-20)12-19(22)14-8-10-16(11-9-14)25(3,23)24/h4-12,21H,13H2,1-3H3/b18-12-. The first kappa shape index (κ1) is 17.4. The van der Waals surface area contributed by atoms with Crippen molar-refractivity contribution < 1.29 is 13.2 Å². The third kappa shape index (κ3) is 3.82. The molecule has 2 aromatic carbocycles. The third-order valence-electron chi connectivity index (χ3n) is 4.26. The summed E-state index contributed by atoms with van der Waals surface area (Å²) in [7, 11) is -3.27. The lowest BCUT2D eigenvalue weighted by Crippen LogP contribution is -2.43. The van der Waals surface area contributed by atoms with Crippen LogP contribution in [0.4, 0.5) is 0 Å². The van der Waals surface area contributed by atoms with Gasteiger partial charge in [-0.3, -0.25) is 4.79 Å². The summed E-state index contributed by atoms with van der Waals surface area (Å²) in [6.45, 7) is 4.20. The second-order valence-electron chi connectivity index (χ2n) is 7.06. The zero-order valence-corrected chi connectivity index (χ0v) is 15.4. The molecule has 1 N–H and O–H groups in total. The van der Waals surface area contributed by atoms with Crippen LogP contribution < -0.4 is 5.32 Å². The molecule has 1 aliphatic heterocycles. The number of hydrogen-bond donors (Lipinski definition) is 1. The van der Waals surface area contributed by atoms with Crippen LogP contribution in [0.25, 0.3) is 5.70 Å². The molecular weight excluding hydrogens is 334 g/mol. The number of hydrogen-bond acceptors (Lipinski definition) is 4. The van der Waals surface area contributed by atoms with Crippen LogP contribution in [0.2, 0.25) is 0 Å². The summed E-state index contributed by atoms with van der Waals surface area (Å²) in [5.74, 6) is -0.157. The Bertz CT molecular complexity index is 955. The molecule has 1 aliphatic rings. The van der Waals surface area contributed by atoms with E-state index < -0.39 is 9.84 Å². The van der Waals surface area contributed by atoms with Gasteiger partial charge in [0.15, 0.2) is 15.6 Å². The van der Waals surface area contributed by atoms with E-state index in [2.05, 4.69) is 25.2 Å². The van der Waals surface area contributed by atoms with Crippen LogP contribution in [0.1, 0.15) is 35.3 Å². The van der Waals surface area contributed by atoms with Gasteiger partial charge in [-0.25, -0.2) is 8.42 Å². The normalized spacial score (nSPS) is 17.6. The molecule has 0 saturated heterocycles. The minimum atomic E-state index is -3.27. The predicted octanol–water partition coefficient (Wildman–Crippen LogP) is 3.24. The van der Waals surface area contributed by atoms with Gasteiger partial charge in [0, 0.05) is 34.7 Å². The van der Waals surface area contributed by atoms with E-state index in [9.17, 15) is 13.2 Å². The maximum absolute atomic E-state index is 12.6. The van der Waals surface area contributed by atoms with Crippen molar-refractivity contribution in [2.45, 2.75) is 30.7 Å². The number of carbonyl (C=O) groups excluding carboxylic acids is 1. The van der Waals surface area contributed by atoms with Crippen molar-refractivity contribution in [3.63, 3.8) is 0 Å². The van der Waals surface area contributed by atoms with Gasteiger partial charge in [-0.15, -0.1) is 0 Å². The Morgan fingerprint density at radius 3 is 2.36 bits per heavy atom. The molecule has 0 amide bonds. The lowest BCUT2D eigenvalue weighted by atomic mass is 9.85. The number of allylic oxidation sites excluding steroid dienone is 1. The van der Waals surface area contributed by atoms with Gasteiger partial charge >= 0.3 is 0 Å². The average Bonchev–Trinajstić information content (AvgIpc) is 2.53. The van der Waals surface area contributed by atoms with Gasteiger partial charge in [0.2, 0.25) is 0 Å². The zero-order chi connectivity index (χ0) is 18.2. The Hall–Kier alpha value is -2.40. The topological polar surface area (TPSA) is 63.2 Å². The summed E-state index contributed by atoms with van der Waals surface area (Å²) in [6.07, 6.45) is 3.63. The summed E-state index contributed by atoms with van der Waals surface area (Å²) in [4.78, 5) is 12.8. The molecule has 0 radical (unpaired) electrons. The molecular formula is C20H21NO3S. The van der Waals surface area contributed by atoms with Gasteiger partial charge in [0.25, 0.3) is 0 Å². The first-order valence-electron chi connectivity index (χ1n) is 8.08. The number of benzene rings is 2. The number of ketones is 1. The molecule has 25 heavy (non-hydrogen) atoms. The van der Waals surface area contributed by atoms with Gasteiger partial charge in [0.1, 0.15) is 0 Å². The van der Waals surface area contributed by atoms with Crippen molar-refractivity contribution in [3.8, 4) is 0 Å². The molecule has 3 rings (SSSR count). The molecule has 2 aromatic rings. The SMILES string of the molecule is CC1(C)Cc2ccccc2/C(=C/C(=O)c2ccc(S(C)(=O)=O)cc2)N1. The van der Waals surface area contributed by atoms with Crippen molar-refractivity contribution in [1.82, 2.24) is 5.32 Å². The summed E-state index contributed by atoms with van der Waals surface area (Å²) in [5, 5.41) is 3.43. The van der Waals surface area contributed by atoms with Crippen molar-refractivity contribution in [2.24, 2.45) is 0 Å². The molecule has 130 valence electrons. The lowest BCUT2D eigenvalue weighted by Gasteiger charge is -2.35. The number of carbonyl (C=O) groups is 1. The molecule has 0 saturated carbocycles. The Kier molecular flexibility index (Phi) is 4.29. The van der Waals surface area contributed by atoms with E-state index in [-0.39, 0.29) is 16.2 Å². The van der Waals surface area contributed by atoms with Gasteiger partial charge in [-0.1, -0.05) is 24.3 Å². The predicted molar refractivity (Wildman–Crippen MR) is 99.2 cm³/mol. The first-order valence-corrected chi connectivity index (χ1v) is 9.97. The molecule has 0 fully saturated rings. The fraction of sp³-hybridized carbons (Fsp3) is 0.250. The Morgan fingerprint density at radius 1 is 1.08 bits per heavy atom. The maximum atomic E-state index is 12.6. The smallest absolute Gasteiger partial charge is 0.187 e. The average molecular weight is 355 g/mol. The van der Waals surface area contributed by atoms with Crippen LogP contribution in [0, 0.1) is 0 Å². The van der Waals surface area contributed by atoms with Crippen LogP contribution in [-0.2, 0) is 16.3 Å². The van der Waals surface area contributed by atoms with E-state index in [1.54, 1.807) is 18.2 Å². The maximum Gasteiger partial charge on any atom is 0.187 e.